The second-order valence-electron chi connectivity index (χ2n) is 7.88. The lowest BCUT2D eigenvalue weighted by Crippen LogP contribution is -2.48. The number of piperidine rings is 1. The highest BCUT2D eigenvalue weighted by molar-refractivity contribution is 7.99. The van der Waals surface area contributed by atoms with Crippen molar-refractivity contribution < 1.29 is 4.79 Å². The number of benzene rings is 2. The molecule has 2 heterocycles. The summed E-state index contributed by atoms with van der Waals surface area (Å²) < 4.78 is 1.68. The van der Waals surface area contributed by atoms with Gasteiger partial charge in [0.05, 0.1) is 16.7 Å². The average molecular weight is 410 g/mol. The Bertz CT molecular complexity index is 1110. The molecule has 1 amide bonds. The minimum atomic E-state index is -0.0436. The maximum absolute atomic E-state index is 13.1. The van der Waals surface area contributed by atoms with Gasteiger partial charge in [-0.15, -0.1) is 0 Å². The fourth-order valence-electron chi connectivity index (χ4n) is 4.39. The Morgan fingerprint density at radius 2 is 1.79 bits per heavy atom. The number of carbonyl (C=O) groups is 1. The molecule has 2 atom stereocenters. The van der Waals surface area contributed by atoms with E-state index in [-0.39, 0.29) is 23.6 Å². The van der Waals surface area contributed by atoms with E-state index in [1.807, 2.05) is 48.2 Å². The molecule has 3 aromatic rings. The standard InChI is InChI=1S/C23H27N3O2S/c1-4-25-22(28)19-12-17-10-5-6-11-18(17)13-20(19)24-23(25)29-14-21(27)26-15(2)8-7-9-16(26)3/h5-6,10-13,15-16H,4,7-9,14H2,1-3H3/t15-,16-/m0/s1. The molecule has 0 bridgehead atoms. The van der Waals surface area contributed by atoms with E-state index in [0.29, 0.717) is 28.4 Å². The third-order valence-electron chi connectivity index (χ3n) is 5.91. The molecule has 2 aromatic carbocycles. The van der Waals surface area contributed by atoms with Crippen LogP contribution in [0.3, 0.4) is 0 Å². The van der Waals surface area contributed by atoms with Gasteiger partial charge in [-0.25, -0.2) is 4.98 Å². The number of amides is 1. The molecule has 5 nitrogen and oxygen atoms in total. The van der Waals surface area contributed by atoms with Gasteiger partial charge in [0.15, 0.2) is 5.16 Å². The van der Waals surface area contributed by atoms with Crippen LogP contribution in [-0.4, -0.2) is 38.2 Å². The molecule has 1 saturated heterocycles. The fourth-order valence-corrected chi connectivity index (χ4v) is 5.32. The van der Waals surface area contributed by atoms with Crippen molar-refractivity contribution in [2.45, 2.75) is 63.8 Å². The molecular weight excluding hydrogens is 382 g/mol. The summed E-state index contributed by atoms with van der Waals surface area (Å²) in [4.78, 5) is 32.8. The Kier molecular flexibility index (Phi) is 5.63. The molecule has 0 radical (unpaired) electrons. The van der Waals surface area contributed by atoms with E-state index in [2.05, 4.69) is 13.8 Å². The van der Waals surface area contributed by atoms with Gasteiger partial charge in [-0.3, -0.25) is 14.2 Å². The third kappa shape index (κ3) is 3.78. The van der Waals surface area contributed by atoms with Crippen LogP contribution in [0.25, 0.3) is 21.7 Å². The summed E-state index contributed by atoms with van der Waals surface area (Å²) in [6.07, 6.45) is 3.29. The van der Waals surface area contributed by atoms with E-state index >= 15 is 0 Å². The number of hydrogen-bond acceptors (Lipinski definition) is 4. The monoisotopic (exact) mass is 409 g/mol. The summed E-state index contributed by atoms with van der Waals surface area (Å²) in [7, 11) is 0. The number of hydrogen-bond donors (Lipinski definition) is 0. The molecule has 6 heteroatoms. The van der Waals surface area contributed by atoms with Crippen LogP contribution < -0.4 is 5.56 Å². The number of aromatic nitrogens is 2. The van der Waals surface area contributed by atoms with Crippen molar-refractivity contribution in [2.24, 2.45) is 0 Å². The largest absolute Gasteiger partial charge is 0.337 e. The molecule has 0 unspecified atom stereocenters. The minimum absolute atomic E-state index is 0.0436. The zero-order valence-corrected chi connectivity index (χ0v) is 18.0. The predicted molar refractivity (Wildman–Crippen MR) is 120 cm³/mol. The van der Waals surface area contributed by atoms with Crippen molar-refractivity contribution in [1.29, 1.82) is 0 Å². The molecule has 1 aromatic heterocycles. The van der Waals surface area contributed by atoms with Crippen molar-refractivity contribution in [2.75, 3.05) is 5.75 Å². The van der Waals surface area contributed by atoms with Crippen molar-refractivity contribution in [3.05, 3.63) is 46.8 Å². The van der Waals surface area contributed by atoms with E-state index in [0.717, 1.165) is 23.6 Å². The van der Waals surface area contributed by atoms with Crippen LogP contribution in [0.15, 0.2) is 46.3 Å². The lowest BCUT2D eigenvalue weighted by Gasteiger charge is -2.39. The Hall–Kier alpha value is -2.34. The van der Waals surface area contributed by atoms with E-state index in [1.165, 1.54) is 18.2 Å². The molecule has 0 aliphatic carbocycles. The number of rotatable bonds is 4. The lowest BCUT2D eigenvalue weighted by atomic mass is 9.98. The highest BCUT2D eigenvalue weighted by atomic mass is 32.2. The van der Waals surface area contributed by atoms with E-state index in [4.69, 9.17) is 4.98 Å². The second-order valence-corrected chi connectivity index (χ2v) is 8.82. The van der Waals surface area contributed by atoms with E-state index in [1.54, 1.807) is 4.57 Å². The van der Waals surface area contributed by atoms with Gasteiger partial charge in [-0.1, -0.05) is 36.0 Å². The zero-order valence-electron chi connectivity index (χ0n) is 17.2. The van der Waals surface area contributed by atoms with Crippen molar-refractivity contribution >= 4 is 39.3 Å². The van der Waals surface area contributed by atoms with Crippen LogP contribution in [0.1, 0.15) is 40.0 Å². The maximum atomic E-state index is 13.1. The van der Waals surface area contributed by atoms with Gasteiger partial charge in [0.2, 0.25) is 5.91 Å². The highest BCUT2D eigenvalue weighted by Crippen LogP contribution is 2.26. The third-order valence-corrected chi connectivity index (χ3v) is 6.87. The van der Waals surface area contributed by atoms with Crippen molar-refractivity contribution in [3.8, 4) is 0 Å². The maximum Gasteiger partial charge on any atom is 0.262 e. The predicted octanol–water partition coefficient (Wildman–Crippen LogP) is 4.45. The van der Waals surface area contributed by atoms with E-state index < -0.39 is 0 Å². The zero-order chi connectivity index (χ0) is 20.5. The van der Waals surface area contributed by atoms with Gasteiger partial charge in [0, 0.05) is 18.6 Å². The van der Waals surface area contributed by atoms with Crippen LogP contribution in [0.5, 0.6) is 0 Å². The fraction of sp³-hybridized carbons (Fsp3) is 0.435. The lowest BCUT2D eigenvalue weighted by molar-refractivity contribution is -0.134. The van der Waals surface area contributed by atoms with Gasteiger partial charge in [0.25, 0.3) is 5.56 Å². The first-order valence-corrected chi connectivity index (χ1v) is 11.4. The number of thioether (sulfide) groups is 1. The first kappa shape index (κ1) is 20.0. The molecule has 0 saturated carbocycles. The normalized spacial score (nSPS) is 19.8. The molecule has 0 N–H and O–H groups in total. The number of fused-ring (bicyclic) bond motifs is 2. The Labute approximate surface area is 175 Å². The van der Waals surface area contributed by atoms with Gasteiger partial charge >= 0.3 is 0 Å². The van der Waals surface area contributed by atoms with Crippen LogP contribution >= 0.6 is 11.8 Å². The molecular formula is C23H27N3O2S. The van der Waals surface area contributed by atoms with Crippen LogP contribution in [-0.2, 0) is 11.3 Å². The average Bonchev–Trinajstić information content (AvgIpc) is 2.71. The Balaban J connectivity index is 1.67. The van der Waals surface area contributed by atoms with Gasteiger partial charge < -0.3 is 4.90 Å². The second kappa shape index (κ2) is 8.19. The number of carbonyl (C=O) groups excluding carboxylic acids is 1. The smallest absolute Gasteiger partial charge is 0.262 e. The summed E-state index contributed by atoms with van der Waals surface area (Å²) in [5.41, 5.74) is 0.644. The number of nitrogens with zero attached hydrogens (tertiary/aromatic N) is 3. The van der Waals surface area contributed by atoms with Crippen LogP contribution in [0.2, 0.25) is 0 Å². The van der Waals surface area contributed by atoms with Gasteiger partial charge in [-0.05, 0) is 62.9 Å². The summed E-state index contributed by atoms with van der Waals surface area (Å²) in [5, 5.41) is 3.33. The molecule has 1 aliphatic rings. The summed E-state index contributed by atoms with van der Waals surface area (Å²) in [5.74, 6) is 0.436. The van der Waals surface area contributed by atoms with Crippen molar-refractivity contribution in [3.63, 3.8) is 0 Å². The molecule has 0 spiro atoms. The van der Waals surface area contributed by atoms with Crippen LogP contribution in [0, 0.1) is 0 Å². The molecule has 29 heavy (non-hydrogen) atoms. The van der Waals surface area contributed by atoms with Crippen molar-refractivity contribution in [1.82, 2.24) is 14.5 Å². The Morgan fingerprint density at radius 3 is 2.45 bits per heavy atom. The topological polar surface area (TPSA) is 55.2 Å². The summed E-state index contributed by atoms with van der Waals surface area (Å²) in [6.45, 7) is 6.72. The Morgan fingerprint density at radius 1 is 1.14 bits per heavy atom. The highest BCUT2D eigenvalue weighted by Gasteiger charge is 2.29. The minimum Gasteiger partial charge on any atom is -0.337 e. The molecule has 152 valence electrons. The first-order valence-electron chi connectivity index (χ1n) is 10.4. The SMILES string of the molecule is CCn1c(SCC(=O)N2[C@@H](C)CCC[C@@H]2C)nc2cc3ccccc3cc2c1=O. The van der Waals surface area contributed by atoms with Crippen LogP contribution in [0.4, 0.5) is 0 Å². The number of likely N-dealkylation sites (tertiary alicyclic amines) is 1. The molecule has 1 fully saturated rings. The summed E-state index contributed by atoms with van der Waals surface area (Å²) in [6, 6.07) is 12.4. The van der Waals surface area contributed by atoms with Gasteiger partial charge in [0.1, 0.15) is 0 Å². The quantitative estimate of drug-likeness (QED) is 0.363. The van der Waals surface area contributed by atoms with Gasteiger partial charge in [-0.2, -0.15) is 0 Å². The molecule has 4 rings (SSSR count). The molecule has 1 aliphatic heterocycles. The van der Waals surface area contributed by atoms with E-state index in [9.17, 15) is 9.59 Å². The summed E-state index contributed by atoms with van der Waals surface area (Å²) >= 11 is 1.37. The first-order chi connectivity index (χ1) is 14.0.